The van der Waals surface area contributed by atoms with Crippen LogP contribution in [0.3, 0.4) is 0 Å². The summed E-state index contributed by atoms with van der Waals surface area (Å²) in [4.78, 5) is 12.8. The van der Waals surface area contributed by atoms with E-state index in [0.29, 0.717) is 5.92 Å². The third-order valence-corrected chi connectivity index (χ3v) is 3.88. The quantitative estimate of drug-likeness (QED) is 0.884. The van der Waals surface area contributed by atoms with Gasteiger partial charge in [-0.25, -0.2) is 0 Å². The Hall–Kier alpha value is -1.55. The molecule has 17 heavy (non-hydrogen) atoms. The Bertz CT molecular complexity index is 511. The van der Waals surface area contributed by atoms with Crippen molar-refractivity contribution in [2.75, 3.05) is 6.54 Å². The highest BCUT2D eigenvalue weighted by Crippen LogP contribution is 2.28. The second-order valence-electron chi connectivity index (χ2n) is 4.38. The molecule has 3 nitrogen and oxygen atoms in total. The Morgan fingerprint density at radius 3 is 2.88 bits per heavy atom. The van der Waals surface area contributed by atoms with Crippen LogP contribution in [0.4, 0.5) is 0 Å². The first-order chi connectivity index (χ1) is 8.34. The molecule has 2 heterocycles. The Kier molecular flexibility index (Phi) is 2.73. The summed E-state index contributed by atoms with van der Waals surface area (Å²) in [6, 6.07) is 5.91. The molecule has 3 rings (SSSR count). The summed E-state index contributed by atoms with van der Waals surface area (Å²) >= 11 is 1.50. The highest BCUT2D eigenvalue weighted by atomic mass is 32.1. The fraction of sp³-hybridized carbons (Fsp3) is 0.308. The van der Waals surface area contributed by atoms with Gasteiger partial charge < -0.3 is 9.88 Å². The van der Waals surface area contributed by atoms with Crippen LogP contribution in [0, 0.1) is 5.92 Å². The monoisotopic (exact) mass is 246 g/mol. The molecule has 1 amide bonds. The third kappa shape index (κ3) is 2.26. The Morgan fingerprint density at radius 1 is 1.41 bits per heavy atom. The summed E-state index contributed by atoms with van der Waals surface area (Å²) in [5.41, 5.74) is 0.966. The molecule has 0 atom stereocenters. The van der Waals surface area contributed by atoms with Crippen molar-refractivity contribution in [3.63, 3.8) is 0 Å². The first-order valence-electron chi connectivity index (χ1n) is 5.83. The van der Waals surface area contributed by atoms with E-state index >= 15 is 0 Å². The molecular weight excluding hydrogens is 232 g/mol. The normalized spacial score (nSPS) is 14.8. The summed E-state index contributed by atoms with van der Waals surface area (Å²) in [5.74, 6) is 0.768. The van der Waals surface area contributed by atoms with Crippen LogP contribution >= 0.6 is 11.3 Å². The topological polar surface area (TPSA) is 34.0 Å². The number of carbonyl (C=O) groups is 1. The van der Waals surface area contributed by atoms with Gasteiger partial charge in [0.15, 0.2) is 0 Å². The molecule has 0 bridgehead atoms. The van der Waals surface area contributed by atoms with Crippen molar-refractivity contribution in [2.45, 2.75) is 12.8 Å². The molecule has 1 saturated carbocycles. The lowest BCUT2D eigenvalue weighted by atomic mass is 10.3. The molecule has 2 aromatic heterocycles. The molecule has 1 aliphatic carbocycles. The van der Waals surface area contributed by atoms with Gasteiger partial charge in [0, 0.05) is 18.9 Å². The average molecular weight is 246 g/mol. The standard InChI is InChI=1S/C13H14N2OS/c16-13(14-9-10-3-4-10)12-11(5-8-17-12)15-6-1-2-7-15/h1-2,5-8,10H,3-4,9H2,(H,14,16). The summed E-state index contributed by atoms with van der Waals surface area (Å²) in [5, 5.41) is 4.97. The molecule has 0 spiro atoms. The van der Waals surface area contributed by atoms with E-state index in [1.165, 1.54) is 24.2 Å². The van der Waals surface area contributed by atoms with Crippen molar-refractivity contribution in [1.82, 2.24) is 9.88 Å². The minimum Gasteiger partial charge on any atom is -0.351 e. The number of hydrogen-bond acceptors (Lipinski definition) is 2. The van der Waals surface area contributed by atoms with Crippen LogP contribution in [-0.4, -0.2) is 17.0 Å². The van der Waals surface area contributed by atoms with Gasteiger partial charge in [0.2, 0.25) is 0 Å². The van der Waals surface area contributed by atoms with E-state index in [1.807, 2.05) is 40.5 Å². The van der Waals surface area contributed by atoms with Gasteiger partial charge in [0.05, 0.1) is 5.69 Å². The van der Waals surface area contributed by atoms with Gasteiger partial charge in [-0.15, -0.1) is 11.3 Å². The van der Waals surface area contributed by atoms with Crippen molar-refractivity contribution in [3.8, 4) is 5.69 Å². The fourth-order valence-electron chi connectivity index (χ4n) is 1.81. The largest absolute Gasteiger partial charge is 0.351 e. The summed E-state index contributed by atoms with van der Waals surface area (Å²) < 4.78 is 1.97. The summed E-state index contributed by atoms with van der Waals surface area (Å²) in [6.07, 6.45) is 6.43. The molecule has 88 valence electrons. The first kappa shape index (κ1) is 10.6. The van der Waals surface area contributed by atoms with E-state index in [-0.39, 0.29) is 5.91 Å². The Balaban J connectivity index is 1.77. The number of nitrogens with zero attached hydrogens (tertiary/aromatic N) is 1. The number of amides is 1. The van der Waals surface area contributed by atoms with Gasteiger partial charge >= 0.3 is 0 Å². The predicted octanol–water partition coefficient (Wildman–Crippen LogP) is 2.68. The van der Waals surface area contributed by atoms with Crippen molar-refractivity contribution >= 4 is 17.2 Å². The van der Waals surface area contributed by atoms with Crippen LogP contribution in [0.2, 0.25) is 0 Å². The molecule has 0 aromatic carbocycles. The van der Waals surface area contributed by atoms with E-state index in [1.54, 1.807) is 0 Å². The second-order valence-corrected chi connectivity index (χ2v) is 5.29. The van der Waals surface area contributed by atoms with Crippen LogP contribution in [0.15, 0.2) is 36.0 Å². The maximum Gasteiger partial charge on any atom is 0.263 e. The number of carbonyl (C=O) groups excluding carboxylic acids is 1. The molecule has 4 heteroatoms. The van der Waals surface area contributed by atoms with E-state index in [2.05, 4.69) is 5.32 Å². The predicted molar refractivity (Wildman–Crippen MR) is 68.7 cm³/mol. The molecule has 1 fully saturated rings. The average Bonchev–Trinajstić information content (AvgIpc) is 2.84. The van der Waals surface area contributed by atoms with E-state index in [9.17, 15) is 4.79 Å². The number of rotatable bonds is 4. The third-order valence-electron chi connectivity index (χ3n) is 2.98. The fourth-order valence-corrected chi connectivity index (χ4v) is 2.62. The van der Waals surface area contributed by atoms with Gasteiger partial charge in [0.25, 0.3) is 5.91 Å². The van der Waals surface area contributed by atoms with Crippen molar-refractivity contribution in [3.05, 3.63) is 40.8 Å². The lowest BCUT2D eigenvalue weighted by Gasteiger charge is -2.06. The highest BCUT2D eigenvalue weighted by molar-refractivity contribution is 7.12. The Morgan fingerprint density at radius 2 is 2.18 bits per heavy atom. The van der Waals surface area contributed by atoms with Gasteiger partial charge in [0.1, 0.15) is 4.88 Å². The molecule has 1 N–H and O–H groups in total. The van der Waals surface area contributed by atoms with E-state index < -0.39 is 0 Å². The lowest BCUT2D eigenvalue weighted by molar-refractivity contribution is 0.0956. The van der Waals surface area contributed by atoms with Crippen LogP contribution < -0.4 is 5.32 Å². The maximum absolute atomic E-state index is 12.0. The SMILES string of the molecule is O=C(NCC1CC1)c1sccc1-n1cccc1. The van der Waals surface area contributed by atoms with E-state index in [0.717, 1.165) is 17.1 Å². The van der Waals surface area contributed by atoms with E-state index in [4.69, 9.17) is 0 Å². The smallest absolute Gasteiger partial charge is 0.263 e. The first-order valence-corrected chi connectivity index (χ1v) is 6.71. The zero-order valence-electron chi connectivity index (χ0n) is 9.43. The summed E-state index contributed by atoms with van der Waals surface area (Å²) in [6.45, 7) is 0.821. The van der Waals surface area contributed by atoms with Crippen LogP contribution in [-0.2, 0) is 0 Å². The molecule has 0 unspecified atom stereocenters. The molecule has 0 aliphatic heterocycles. The number of thiophene rings is 1. The van der Waals surface area contributed by atoms with Gasteiger partial charge in [-0.2, -0.15) is 0 Å². The zero-order chi connectivity index (χ0) is 11.7. The lowest BCUT2D eigenvalue weighted by Crippen LogP contribution is -2.25. The highest BCUT2D eigenvalue weighted by Gasteiger charge is 2.23. The number of nitrogens with one attached hydrogen (secondary N) is 1. The molecule has 1 aliphatic rings. The molecule has 0 saturated heterocycles. The van der Waals surface area contributed by atoms with Gasteiger partial charge in [-0.05, 0) is 42.3 Å². The summed E-state index contributed by atoms with van der Waals surface area (Å²) in [7, 11) is 0. The molecule has 2 aromatic rings. The second kappa shape index (κ2) is 4.37. The number of aromatic nitrogens is 1. The van der Waals surface area contributed by atoms with Crippen molar-refractivity contribution in [2.24, 2.45) is 5.92 Å². The minimum atomic E-state index is 0.0515. The number of hydrogen-bond donors (Lipinski definition) is 1. The molecule has 0 radical (unpaired) electrons. The van der Waals surface area contributed by atoms with Crippen molar-refractivity contribution in [1.29, 1.82) is 0 Å². The van der Waals surface area contributed by atoms with Crippen LogP contribution in [0.5, 0.6) is 0 Å². The van der Waals surface area contributed by atoms with Gasteiger partial charge in [-0.3, -0.25) is 4.79 Å². The molecular formula is C13H14N2OS. The van der Waals surface area contributed by atoms with Crippen LogP contribution in [0.1, 0.15) is 22.5 Å². The van der Waals surface area contributed by atoms with Crippen molar-refractivity contribution < 1.29 is 4.79 Å². The zero-order valence-corrected chi connectivity index (χ0v) is 10.2. The Labute approximate surface area is 104 Å². The minimum absolute atomic E-state index is 0.0515. The van der Waals surface area contributed by atoms with Crippen LogP contribution in [0.25, 0.3) is 5.69 Å². The maximum atomic E-state index is 12.0. The van der Waals surface area contributed by atoms with Gasteiger partial charge in [-0.1, -0.05) is 0 Å².